The van der Waals surface area contributed by atoms with Gasteiger partial charge in [0, 0.05) is 0 Å². The highest BCUT2D eigenvalue weighted by Crippen LogP contribution is 2.18. The molecule has 0 N–H and O–H groups in total. The van der Waals surface area contributed by atoms with E-state index in [0.717, 1.165) is 0 Å². The molecule has 64 valence electrons. The Hall–Kier alpha value is -1.38. The molecule has 1 aromatic rings. The molecule has 0 atom stereocenters. The molecule has 0 spiro atoms. The van der Waals surface area contributed by atoms with Crippen LogP contribution in [0.2, 0.25) is 0 Å². The highest BCUT2D eigenvalue weighted by molar-refractivity contribution is 5.91. The number of ether oxygens (including phenoxy) is 1. The maximum atomic E-state index is 12.3. The van der Waals surface area contributed by atoms with Crippen LogP contribution in [-0.4, -0.2) is 12.6 Å². The van der Waals surface area contributed by atoms with Gasteiger partial charge in [-0.25, -0.2) is 0 Å². The fraction of sp³-hybridized carbons (Fsp3) is 0.222. The molecule has 0 unspecified atom stereocenters. The number of rotatable bonds is 3. The van der Waals surface area contributed by atoms with Crippen molar-refractivity contribution >= 4 is 6.04 Å². The average Bonchev–Trinajstić information content (AvgIpc) is 2.05. The summed E-state index contributed by atoms with van der Waals surface area (Å²) in [5, 5.41) is 0. The molecule has 0 saturated heterocycles. The van der Waals surface area contributed by atoms with Crippen LogP contribution in [0.25, 0.3) is 0 Å². The van der Waals surface area contributed by atoms with Gasteiger partial charge in [-0.05, 0) is 19.1 Å². The van der Waals surface area contributed by atoms with Gasteiger partial charge < -0.3 is 4.74 Å². The topological polar surface area (TPSA) is 26.3 Å². The lowest BCUT2D eigenvalue weighted by molar-refractivity contribution is 0.0832. The average molecular weight is 168 g/mol. The lowest BCUT2D eigenvalue weighted by Crippen LogP contribution is -1.98. The normalized spacial score (nSPS) is 9.50. The second kappa shape index (κ2) is 3.85. The number of carbonyl (C=O) groups is 1. The molecule has 3 heteroatoms. The minimum absolute atomic E-state index is 0.0145. The van der Waals surface area contributed by atoms with Crippen molar-refractivity contribution in [2.45, 2.75) is 6.92 Å². The van der Waals surface area contributed by atoms with Crippen molar-refractivity contribution in [1.82, 2.24) is 0 Å². The summed E-state index contributed by atoms with van der Waals surface area (Å²) in [5.41, 5.74) is -0.0145. The summed E-state index contributed by atoms with van der Waals surface area (Å²) in [4.78, 5) is 10.4. The van der Waals surface area contributed by atoms with Crippen molar-refractivity contribution in [3.63, 3.8) is 0 Å². The standard InChI is InChI=1S/C9H9FO2/c1-2-12-8-6-4-3-5-7(8)9(10)11/h3-6H,2H2,1H3. The molecule has 0 aliphatic rings. The monoisotopic (exact) mass is 168 g/mol. The highest BCUT2D eigenvalue weighted by Gasteiger charge is 2.09. The van der Waals surface area contributed by atoms with E-state index in [0.29, 0.717) is 12.4 Å². The minimum Gasteiger partial charge on any atom is -0.493 e. The first-order valence-electron chi connectivity index (χ1n) is 3.67. The van der Waals surface area contributed by atoms with E-state index < -0.39 is 6.04 Å². The van der Waals surface area contributed by atoms with Gasteiger partial charge in [0.15, 0.2) is 0 Å². The van der Waals surface area contributed by atoms with Gasteiger partial charge in [-0.1, -0.05) is 12.1 Å². The predicted octanol–water partition coefficient (Wildman–Crippen LogP) is 2.20. The third-order valence-corrected chi connectivity index (χ3v) is 1.40. The summed E-state index contributed by atoms with van der Waals surface area (Å²) in [7, 11) is 0. The van der Waals surface area contributed by atoms with Crippen LogP contribution >= 0.6 is 0 Å². The van der Waals surface area contributed by atoms with E-state index in [4.69, 9.17) is 4.74 Å². The van der Waals surface area contributed by atoms with Gasteiger partial charge in [-0.15, -0.1) is 0 Å². The quantitative estimate of drug-likeness (QED) is 0.646. The fourth-order valence-corrected chi connectivity index (χ4v) is 0.910. The summed E-state index contributed by atoms with van der Waals surface area (Å²) >= 11 is 0. The van der Waals surface area contributed by atoms with E-state index in [2.05, 4.69) is 0 Å². The van der Waals surface area contributed by atoms with Crippen LogP contribution in [0.3, 0.4) is 0 Å². The highest BCUT2D eigenvalue weighted by atomic mass is 19.1. The van der Waals surface area contributed by atoms with Crippen LogP contribution in [0, 0.1) is 0 Å². The second-order valence-electron chi connectivity index (χ2n) is 2.20. The van der Waals surface area contributed by atoms with Gasteiger partial charge in [0.05, 0.1) is 12.2 Å². The number of para-hydroxylation sites is 1. The maximum Gasteiger partial charge on any atom is 0.335 e. The molecule has 0 aromatic heterocycles. The summed E-state index contributed by atoms with van der Waals surface area (Å²) in [6, 6.07) is 4.79. The van der Waals surface area contributed by atoms with Crippen LogP contribution in [0.15, 0.2) is 24.3 Å². The first-order chi connectivity index (χ1) is 5.75. The zero-order chi connectivity index (χ0) is 8.97. The molecule has 1 aromatic carbocycles. The van der Waals surface area contributed by atoms with Crippen LogP contribution < -0.4 is 4.74 Å². The Labute approximate surface area is 70.0 Å². The van der Waals surface area contributed by atoms with E-state index in [1.54, 1.807) is 25.1 Å². The molecule has 0 saturated carbocycles. The van der Waals surface area contributed by atoms with E-state index in [1.165, 1.54) is 6.07 Å². The largest absolute Gasteiger partial charge is 0.493 e. The number of hydrogen-bond acceptors (Lipinski definition) is 2. The first-order valence-corrected chi connectivity index (χ1v) is 3.67. The van der Waals surface area contributed by atoms with E-state index in [-0.39, 0.29) is 5.56 Å². The smallest absolute Gasteiger partial charge is 0.335 e. The van der Waals surface area contributed by atoms with Crippen molar-refractivity contribution in [1.29, 1.82) is 0 Å². The molecular weight excluding hydrogens is 159 g/mol. The second-order valence-corrected chi connectivity index (χ2v) is 2.20. The number of benzene rings is 1. The minimum atomic E-state index is -1.46. The van der Waals surface area contributed by atoms with Crippen molar-refractivity contribution < 1.29 is 13.9 Å². The zero-order valence-electron chi connectivity index (χ0n) is 6.71. The lowest BCUT2D eigenvalue weighted by atomic mass is 10.2. The van der Waals surface area contributed by atoms with Crippen LogP contribution in [-0.2, 0) is 0 Å². The molecule has 0 amide bonds. The maximum absolute atomic E-state index is 12.3. The number of halogens is 1. The van der Waals surface area contributed by atoms with Crippen molar-refractivity contribution in [3.8, 4) is 5.75 Å². The van der Waals surface area contributed by atoms with Gasteiger partial charge in [0.2, 0.25) is 0 Å². The van der Waals surface area contributed by atoms with E-state index in [9.17, 15) is 9.18 Å². The van der Waals surface area contributed by atoms with Crippen LogP contribution in [0.1, 0.15) is 17.3 Å². The molecular formula is C9H9FO2. The Kier molecular flexibility index (Phi) is 2.80. The Morgan fingerprint density at radius 1 is 1.50 bits per heavy atom. The Morgan fingerprint density at radius 3 is 2.75 bits per heavy atom. The molecule has 12 heavy (non-hydrogen) atoms. The van der Waals surface area contributed by atoms with E-state index >= 15 is 0 Å². The lowest BCUT2D eigenvalue weighted by Gasteiger charge is -2.04. The molecule has 0 bridgehead atoms. The molecule has 2 nitrogen and oxygen atoms in total. The number of carbonyl (C=O) groups excluding carboxylic acids is 1. The Morgan fingerprint density at radius 2 is 2.17 bits per heavy atom. The zero-order valence-corrected chi connectivity index (χ0v) is 6.71. The van der Waals surface area contributed by atoms with Crippen LogP contribution in [0.4, 0.5) is 4.39 Å². The van der Waals surface area contributed by atoms with E-state index in [1.807, 2.05) is 0 Å². The molecule has 0 aliphatic carbocycles. The third-order valence-electron chi connectivity index (χ3n) is 1.40. The first kappa shape index (κ1) is 8.71. The predicted molar refractivity (Wildman–Crippen MR) is 43.0 cm³/mol. The van der Waals surface area contributed by atoms with Gasteiger partial charge in [0.1, 0.15) is 5.75 Å². The summed E-state index contributed by atoms with van der Waals surface area (Å²) in [6.07, 6.45) is 0. The Bertz CT molecular complexity index is 284. The van der Waals surface area contributed by atoms with Crippen LogP contribution in [0.5, 0.6) is 5.75 Å². The fourth-order valence-electron chi connectivity index (χ4n) is 0.910. The summed E-state index contributed by atoms with van der Waals surface area (Å²) < 4.78 is 17.3. The van der Waals surface area contributed by atoms with Gasteiger partial charge in [0.25, 0.3) is 0 Å². The SMILES string of the molecule is CCOc1ccccc1C(=O)F. The summed E-state index contributed by atoms with van der Waals surface area (Å²) in [5.74, 6) is 0.299. The molecule has 0 fully saturated rings. The molecule has 0 aliphatic heterocycles. The van der Waals surface area contributed by atoms with Gasteiger partial charge in [-0.3, -0.25) is 4.79 Å². The molecule has 0 heterocycles. The van der Waals surface area contributed by atoms with Gasteiger partial charge in [-0.2, -0.15) is 4.39 Å². The third kappa shape index (κ3) is 1.81. The summed E-state index contributed by atoms with van der Waals surface area (Å²) in [6.45, 7) is 2.20. The Balaban J connectivity index is 3.00. The molecule has 1 rings (SSSR count). The van der Waals surface area contributed by atoms with Crippen molar-refractivity contribution in [2.24, 2.45) is 0 Å². The molecule has 0 radical (unpaired) electrons. The van der Waals surface area contributed by atoms with Crippen molar-refractivity contribution in [2.75, 3.05) is 6.61 Å². The number of hydrogen-bond donors (Lipinski definition) is 0. The van der Waals surface area contributed by atoms with Crippen molar-refractivity contribution in [3.05, 3.63) is 29.8 Å². The van der Waals surface area contributed by atoms with Gasteiger partial charge >= 0.3 is 6.04 Å².